The molecular weight excluding hydrogens is 870 g/mol. The predicted molar refractivity (Wildman–Crippen MR) is 244 cm³/mol. The molecule has 0 aliphatic carbocycles. The van der Waals surface area contributed by atoms with E-state index in [0.29, 0.717) is 25.8 Å². The maximum absolute atomic E-state index is 11.2. The van der Waals surface area contributed by atoms with Gasteiger partial charge in [0, 0.05) is 48.7 Å². The van der Waals surface area contributed by atoms with E-state index >= 15 is 0 Å². The van der Waals surface area contributed by atoms with Crippen LogP contribution in [-0.4, -0.2) is 56.1 Å². The van der Waals surface area contributed by atoms with Gasteiger partial charge in [-0.25, -0.2) is 0 Å². The molecule has 57 heavy (non-hydrogen) atoms. The van der Waals surface area contributed by atoms with Gasteiger partial charge in [-0.3, -0.25) is 0 Å². The van der Waals surface area contributed by atoms with Crippen molar-refractivity contribution in [2.24, 2.45) is 5.73 Å². The summed E-state index contributed by atoms with van der Waals surface area (Å²) in [4.78, 5) is 11.0. The standard InChI is InChI=1S/C21H28BrNO2.C16H26O3Si.C8H10BrN.B.Na.H/c1-16(17-9-11-19(22)12-10-17)23-14-13-21(25,15-20(2,3)24)18-7-5-4-6-8-18;1-15(2,19-20(3,4)5)13-16(18,11-12-17)14-9-7-6-8-10-14;1-6(10)7-2-4-8(9)5-3-7;;;/h4-12,16,23-25H,13-15H2,1-3H3;6-10,12,18H,11,13H2,1-5H3;2-6H,10H2,1H3;;;/q;;;;+1;-1/t16-,21-;16-;6-;;;/m000.../s1. The summed E-state index contributed by atoms with van der Waals surface area (Å²) in [6.45, 7) is 18.5. The van der Waals surface area contributed by atoms with E-state index in [2.05, 4.69) is 75.9 Å². The van der Waals surface area contributed by atoms with Gasteiger partial charge in [0.25, 0.3) is 0 Å². The van der Waals surface area contributed by atoms with Gasteiger partial charge in [-0.2, -0.15) is 0 Å². The number of carbonyl (C=O) groups is 1. The van der Waals surface area contributed by atoms with Crippen molar-refractivity contribution < 1.29 is 55.5 Å². The van der Waals surface area contributed by atoms with E-state index in [1.54, 1.807) is 13.8 Å². The van der Waals surface area contributed by atoms with Gasteiger partial charge >= 0.3 is 29.6 Å². The van der Waals surface area contributed by atoms with Crippen molar-refractivity contribution in [2.45, 2.75) is 121 Å². The summed E-state index contributed by atoms with van der Waals surface area (Å²) in [6.07, 6.45) is 2.07. The van der Waals surface area contributed by atoms with Crippen molar-refractivity contribution in [1.29, 1.82) is 0 Å². The van der Waals surface area contributed by atoms with E-state index in [-0.39, 0.29) is 57.9 Å². The van der Waals surface area contributed by atoms with Gasteiger partial charge in [-0.1, -0.05) is 117 Å². The van der Waals surface area contributed by atoms with Gasteiger partial charge in [0.2, 0.25) is 0 Å². The number of halogens is 2. The summed E-state index contributed by atoms with van der Waals surface area (Å²) in [6, 6.07) is 35.6. The molecule has 12 heteroatoms. The molecule has 0 heterocycles. The molecule has 4 aromatic rings. The zero-order chi connectivity index (χ0) is 41.5. The third-order valence-corrected chi connectivity index (χ3v) is 11.0. The monoisotopic (exact) mass is 933 g/mol. The molecule has 3 radical (unpaired) electrons. The Balaban J connectivity index is 0. The van der Waals surface area contributed by atoms with Crippen LogP contribution in [0.5, 0.6) is 0 Å². The Morgan fingerprint density at radius 2 is 1.16 bits per heavy atom. The smallest absolute Gasteiger partial charge is 1.00 e. The molecule has 0 fully saturated rings. The number of nitrogens with two attached hydrogens (primary N) is 1. The normalized spacial score (nSPS) is 14.6. The van der Waals surface area contributed by atoms with Crippen LogP contribution in [0.1, 0.15) is 103 Å². The Bertz CT molecular complexity index is 1700. The molecule has 0 bridgehead atoms. The van der Waals surface area contributed by atoms with Crippen LogP contribution >= 0.6 is 31.9 Å². The van der Waals surface area contributed by atoms with Crippen molar-refractivity contribution in [3.05, 3.63) is 140 Å². The third kappa shape index (κ3) is 21.6. The van der Waals surface area contributed by atoms with E-state index in [4.69, 9.17) is 10.2 Å². The fourth-order valence-electron chi connectivity index (χ4n) is 6.68. The largest absolute Gasteiger partial charge is 1.00 e. The summed E-state index contributed by atoms with van der Waals surface area (Å²) in [7, 11) is -1.72. The predicted octanol–water partition coefficient (Wildman–Crippen LogP) is 7.23. The quantitative estimate of drug-likeness (QED) is 0.0594. The molecule has 0 aromatic heterocycles. The first kappa shape index (κ1) is 55.6. The van der Waals surface area contributed by atoms with Crippen molar-refractivity contribution in [1.82, 2.24) is 5.32 Å². The third-order valence-electron chi connectivity index (χ3n) is 8.82. The average molecular weight is 936 g/mol. The second kappa shape index (κ2) is 25.4. The van der Waals surface area contributed by atoms with Crippen molar-refractivity contribution >= 4 is 54.9 Å². The van der Waals surface area contributed by atoms with Crippen LogP contribution in [0.2, 0.25) is 19.6 Å². The van der Waals surface area contributed by atoms with Crippen LogP contribution < -0.4 is 40.6 Å². The molecule has 0 spiro atoms. The summed E-state index contributed by atoms with van der Waals surface area (Å²) >= 11 is 6.80. The number of nitrogens with one attached hydrogen (secondary N) is 1. The molecule has 0 aliphatic heterocycles. The minimum atomic E-state index is -1.72. The number of carbonyl (C=O) groups excluding carboxylic acids is 1. The number of benzene rings is 4. The maximum atomic E-state index is 11.2. The van der Waals surface area contributed by atoms with Gasteiger partial charge in [0.05, 0.1) is 22.4 Å². The van der Waals surface area contributed by atoms with Gasteiger partial charge in [-0.05, 0) is 121 Å². The van der Waals surface area contributed by atoms with Crippen LogP contribution in [0.4, 0.5) is 0 Å². The van der Waals surface area contributed by atoms with E-state index in [1.165, 1.54) is 11.1 Å². The molecule has 0 unspecified atom stereocenters. The molecule has 0 saturated carbocycles. The first-order valence-corrected chi connectivity index (χ1v) is 23.9. The SMILES string of the molecule is CC(C)(C[C@@](O)(CC=O)c1ccccc1)O[Si](C)(C)C.C[C@H](N)c1ccc(Br)cc1.C[C@H](NCC[C@](O)(CC(C)(C)O)c1ccccc1)c1ccc(Br)cc1.[B].[H-].[Na+]. The van der Waals surface area contributed by atoms with Crippen LogP contribution in [0.15, 0.2) is 118 Å². The minimum absolute atomic E-state index is 0. The second-order valence-electron chi connectivity index (χ2n) is 16.6. The van der Waals surface area contributed by atoms with Crippen LogP contribution in [0.25, 0.3) is 0 Å². The first-order valence-electron chi connectivity index (χ1n) is 18.9. The molecule has 4 atom stereocenters. The number of aliphatic hydroxyl groups is 3. The minimum Gasteiger partial charge on any atom is -1.00 e. The molecule has 0 amide bonds. The van der Waals surface area contributed by atoms with Crippen LogP contribution in [0, 0.1) is 0 Å². The van der Waals surface area contributed by atoms with Gasteiger partial charge in [0.15, 0.2) is 8.32 Å². The topological polar surface area (TPSA) is 125 Å². The molecule has 4 rings (SSSR count). The number of hydrogen-bond acceptors (Lipinski definition) is 7. The molecule has 307 valence electrons. The molecule has 4 aromatic carbocycles. The summed E-state index contributed by atoms with van der Waals surface area (Å²) in [5.41, 5.74) is 5.97. The van der Waals surface area contributed by atoms with E-state index in [1.807, 2.05) is 118 Å². The maximum Gasteiger partial charge on any atom is 1.00 e. The first-order chi connectivity index (χ1) is 25.5. The van der Waals surface area contributed by atoms with E-state index in [0.717, 1.165) is 26.4 Å². The Morgan fingerprint density at radius 1 is 0.737 bits per heavy atom. The molecule has 0 saturated heterocycles. The van der Waals surface area contributed by atoms with Gasteiger partial charge in [-0.15, -0.1) is 0 Å². The molecule has 6 N–H and O–H groups in total. The van der Waals surface area contributed by atoms with Crippen molar-refractivity contribution in [3.8, 4) is 0 Å². The summed E-state index contributed by atoms with van der Waals surface area (Å²) in [5.74, 6) is 0. The Kier molecular flexibility index (Phi) is 24.7. The van der Waals surface area contributed by atoms with Gasteiger partial charge < -0.3 is 37.0 Å². The Labute approximate surface area is 386 Å². The molecular formula is C45H65BBr2N2NaO5Si. The summed E-state index contributed by atoms with van der Waals surface area (Å²) in [5, 5.41) is 35.9. The van der Waals surface area contributed by atoms with Crippen molar-refractivity contribution in [2.75, 3.05) is 6.54 Å². The Morgan fingerprint density at radius 3 is 1.54 bits per heavy atom. The Hall–Kier alpha value is -1.45. The van der Waals surface area contributed by atoms with E-state index < -0.39 is 30.7 Å². The fraction of sp³-hybridized carbons (Fsp3) is 0.444. The number of aldehydes is 1. The molecule has 7 nitrogen and oxygen atoms in total. The summed E-state index contributed by atoms with van der Waals surface area (Å²) < 4.78 is 8.31. The zero-order valence-electron chi connectivity index (χ0n) is 36.7. The van der Waals surface area contributed by atoms with Gasteiger partial charge in [0.1, 0.15) is 6.29 Å². The molecule has 0 aliphatic rings. The van der Waals surface area contributed by atoms with E-state index in [9.17, 15) is 20.1 Å². The number of hydrogen-bond donors (Lipinski definition) is 5. The van der Waals surface area contributed by atoms with Crippen LogP contribution in [0.3, 0.4) is 0 Å². The second-order valence-corrected chi connectivity index (χ2v) is 22.9. The average Bonchev–Trinajstić information content (AvgIpc) is 3.08. The van der Waals surface area contributed by atoms with Crippen LogP contribution in [-0.2, 0) is 20.4 Å². The fourth-order valence-corrected chi connectivity index (χ4v) is 8.94. The zero-order valence-corrected chi connectivity index (χ0v) is 41.9. The number of rotatable bonds is 16. The van der Waals surface area contributed by atoms with Crippen molar-refractivity contribution in [3.63, 3.8) is 0 Å².